The van der Waals surface area contributed by atoms with Crippen LogP contribution in [0.5, 0.6) is 0 Å². The van der Waals surface area contributed by atoms with Gasteiger partial charge in [0.2, 0.25) is 11.7 Å². The van der Waals surface area contributed by atoms with Crippen molar-refractivity contribution >= 4 is 11.6 Å². The van der Waals surface area contributed by atoms with E-state index in [9.17, 15) is 0 Å². The molecular weight excluding hydrogens is 328 g/mol. The van der Waals surface area contributed by atoms with Crippen molar-refractivity contribution in [3.8, 4) is 11.4 Å². The lowest BCUT2D eigenvalue weighted by atomic mass is 10.0. The first-order valence-electron chi connectivity index (χ1n) is 7.85. The van der Waals surface area contributed by atoms with Gasteiger partial charge in [-0.2, -0.15) is 4.98 Å². The first-order valence-corrected chi connectivity index (χ1v) is 8.23. The van der Waals surface area contributed by atoms with Crippen LogP contribution in [0.1, 0.15) is 17.5 Å². The van der Waals surface area contributed by atoms with Gasteiger partial charge in [0.05, 0.1) is 18.4 Å². The van der Waals surface area contributed by atoms with E-state index in [4.69, 9.17) is 20.5 Å². The van der Waals surface area contributed by atoms with Crippen LogP contribution in [0.25, 0.3) is 11.4 Å². The number of benzene rings is 1. The number of piperazine rings is 1. The average Bonchev–Trinajstić information content (AvgIpc) is 3.26. The van der Waals surface area contributed by atoms with E-state index in [0.29, 0.717) is 18.3 Å². The van der Waals surface area contributed by atoms with Crippen molar-refractivity contribution in [3.63, 3.8) is 0 Å². The lowest BCUT2D eigenvalue weighted by Crippen LogP contribution is -2.45. The topological polar surface area (TPSA) is 67.3 Å². The largest absolute Gasteiger partial charge is 0.472 e. The first-order chi connectivity index (χ1) is 11.8. The highest BCUT2D eigenvalue weighted by Crippen LogP contribution is 2.26. The lowest BCUT2D eigenvalue weighted by Gasteiger charge is -2.35. The summed E-state index contributed by atoms with van der Waals surface area (Å²) >= 11 is 6.14. The van der Waals surface area contributed by atoms with Crippen LogP contribution in [-0.4, -0.2) is 34.7 Å². The zero-order valence-electron chi connectivity index (χ0n) is 13.0. The van der Waals surface area contributed by atoms with Crippen LogP contribution in [0, 0.1) is 0 Å². The van der Waals surface area contributed by atoms with E-state index in [1.807, 2.05) is 24.3 Å². The van der Waals surface area contributed by atoms with Crippen molar-refractivity contribution < 1.29 is 8.94 Å². The van der Waals surface area contributed by atoms with Crippen LogP contribution in [0.15, 0.2) is 51.8 Å². The molecule has 0 aliphatic carbocycles. The predicted molar refractivity (Wildman–Crippen MR) is 89.5 cm³/mol. The highest BCUT2D eigenvalue weighted by atomic mass is 35.5. The van der Waals surface area contributed by atoms with Crippen LogP contribution in [-0.2, 0) is 6.54 Å². The molecular formula is C17H17ClN4O2. The van der Waals surface area contributed by atoms with E-state index in [1.54, 1.807) is 12.5 Å². The van der Waals surface area contributed by atoms with Gasteiger partial charge in [-0.15, -0.1) is 0 Å². The maximum atomic E-state index is 6.14. The fourth-order valence-corrected chi connectivity index (χ4v) is 3.18. The summed E-state index contributed by atoms with van der Waals surface area (Å²) in [5.74, 6) is 1.15. The second-order valence-electron chi connectivity index (χ2n) is 5.77. The van der Waals surface area contributed by atoms with E-state index in [1.165, 1.54) is 5.56 Å². The fourth-order valence-electron chi connectivity index (χ4n) is 2.98. The predicted octanol–water partition coefficient (Wildman–Crippen LogP) is 3.13. The maximum absolute atomic E-state index is 6.14. The number of rotatable bonds is 4. The molecule has 1 fully saturated rings. The van der Waals surface area contributed by atoms with E-state index in [-0.39, 0.29) is 6.04 Å². The molecule has 0 radical (unpaired) electrons. The molecule has 0 saturated carbocycles. The standard InChI is InChI=1S/C17H17ClN4O2/c18-14-3-1-2-12(8-14)15-9-19-5-6-22(15)10-16-20-17(21-24-16)13-4-7-23-11-13/h1-4,7-8,11,15,19H,5-6,9-10H2. The number of furan rings is 1. The molecule has 3 aromatic rings. The number of nitrogens with one attached hydrogen (secondary N) is 1. The molecule has 7 heteroatoms. The Kier molecular flexibility index (Phi) is 4.34. The van der Waals surface area contributed by atoms with E-state index >= 15 is 0 Å². The van der Waals surface area contributed by atoms with Crippen molar-refractivity contribution in [1.82, 2.24) is 20.4 Å². The molecule has 4 rings (SSSR count). The quantitative estimate of drug-likeness (QED) is 0.784. The molecule has 3 heterocycles. The molecule has 0 spiro atoms. The molecule has 1 unspecified atom stereocenters. The Morgan fingerprint density at radius 3 is 3.12 bits per heavy atom. The molecule has 0 amide bonds. The minimum absolute atomic E-state index is 0.224. The van der Waals surface area contributed by atoms with Gasteiger partial charge in [-0.3, -0.25) is 4.90 Å². The summed E-state index contributed by atoms with van der Waals surface area (Å²) in [5.41, 5.74) is 2.00. The third-order valence-electron chi connectivity index (χ3n) is 4.17. The highest BCUT2D eigenvalue weighted by molar-refractivity contribution is 6.30. The molecule has 1 aromatic carbocycles. The molecule has 24 heavy (non-hydrogen) atoms. The van der Waals surface area contributed by atoms with Crippen molar-refractivity contribution in [1.29, 1.82) is 0 Å². The van der Waals surface area contributed by atoms with Crippen molar-refractivity contribution in [2.45, 2.75) is 12.6 Å². The molecule has 1 saturated heterocycles. The van der Waals surface area contributed by atoms with Crippen LogP contribution < -0.4 is 5.32 Å². The van der Waals surface area contributed by atoms with Gasteiger partial charge >= 0.3 is 0 Å². The molecule has 1 aliphatic heterocycles. The molecule has 1 atom stereocenters. The van der Waals surface area contributed by atoms with Crippen LogP contribution in [0.4, 0.5) is 0 Å². The normalized spacial score (nSPS) is 18.8. The third kappa shape index (κ3) is 3.21. The Hall–Kier alpha value is -2.15. The third-order valence-corrected chi connectivity index (χ3v) is 4.41. The summed E-state index contributed by atoms with van der Waals surface area (Å²) in [6.45, 7) is 3.30. The van der Waals surface area contributed by atoms with Gasteiger partial charge < -0.3 is 14.3 Å². The molecule has 1 N–H and O–H groups in total. The van der Waals surface area contributed by atoms with Crippen molar-refractivity contribution in [2.24, 2.45) is 0 Å². The van der Waals surface area contributed by atoms with Gasteiger partial charge in [-0.05, 0) is 23.8 Å². The zero-order chi connectivity index (χ0) is 16.4. The van der Waals surface area contributed by atoms with E-state index in [2.05, 4.69) is 26.4 Å². The Labute approximate surface area is 144 Å². The zero-order valence-corrected chi connectivity index (χ0v) is 13.7. The number of halogens is 1. The highest BCUT2D eigenvalue weighted by Gasteiger charge is 2.26. The van der Waals surface area contributed by atoms with E-state index < -0.39 is 0 Å². The summed E-state index contributed by atoms with van der Waals surface area (Å²) in [4.78, 5) is 6.79. The van der Waals surface area contributed by atoms with Gasteiger partial charge in [0.25, 0.3) is 0 Å². The number of aromatic nitrogens is 2. The Morgan fingerprint density at radius 1 is 1.33 bits per heavy atom. The van der Waals surface area contributed by atoms with Crippen LogP contribution >= 0.6 is 11.6 Å². The van der Waals surface area contributed by atoms with Gasteiger partial charge in [0, 0.05) is 30.7 Å². The summed E-state index contributed by atoms with van der Waals surface area (Å²) in [6.07, 6.45) is 3.20. The van der Waals surface area contributed by atoms with Crippen molar-refractivity contribution in [3.05, 3.63) is 59.3 Å². The lowest BCUT2D eigenvalue weighted by molar-refractivity contribution is 0.135. The number of nitrogens with zero attached hydrogens (tertiary/aromatic N) is 3. The monoisotopic (exact) mass is 344 g/mol. The fraction of sp³-hybridized carbons (Fsp3) is 0.294. The van der Waals surface area contributed by atoms with Gasteiger partial charge in [0.15, 0.2) is 0 Å². The number of hydrogen-bond acceptors (Lipinski definition) is 6. The van der Waals surface area contributed by atoms with Crippen LogP contribution in [0.3, 0.4) is 0 Å². The SMILES string of the molecule is Clc1cccc(C2CNCCN2Cc2nc(-c3ccoc3)no2)c1. The van der Waals surface area contributed by atoms with Crippen molar-refractivity contribution in [2.75, 3.05) is 19.6 Å². The second kappa shape index (κ2) is 6.76. The Morgan fingerprint density at radius 2 is 2.29 bits per heavy atom. The van der Waals surface area contributed by atoms with Gasteiger partial charge in [0.1, 0.15) is 6.26 Å². The molecule has 2 aromatic heterocycles. The Balaban J connectivity index is 1.53. The summed E-state index contributed by atoms with van der Waals surface area (Å²) in [5, 5.41) is 8.21. The molecule has 0 bridgehead atoms. The molecule has 1 aliphatic rings. The first kappa shape index (κ1) is 15.4. The van der Waals surface area contributed by atoms with E-state index in [0.717, 1.165) is 30.2 Å². The average molecular weight is 345 g/mol. The summed E-state index contributed by atoms with van der Waals surface area (Å²) in [6, 6.07) is 10.0. The van der Waals surface area contributed by atoms with Gasteiger partial charge in [-0.25, -0.2) is 0 Å². The Bertz CT molecular complexity index is 803. The smallest absolute Gasteiger partial charge is 0.241 e. The minimum Gasteiger partial charge on any atom is -0.472 e. The molecule has 124 valence electrons. The second-order valence-corrected chi connectivity index (χ2v) is 6.21. The summed E-state index contributed by atoms with van der Waals surface area (Å²) < 4.78 is 10.5. The summed E-state index contributed by atoms with van der Waals surface area (Å²) in [7, 11) is 0. The maximum Gasteiger partial charge on any atom is 0.241 e. The van der Waals surface area contributed by atoms with Gasteiger partial charge in [-0.1, -0.05) is 28.9 Å². The minimum atomic E-state index is 0.224. The van der Waals surface area contributed by atoms with Crippen LogP contribution in [0.2, 0.25) is 5.02 Å². The molecule has 6 nitrogen and oxygen atoms in total. The number of hydrogen-bond donors (Lipinski definition) is 1.